The standard InChI is InChI=1S/C14H18BrNO3/c1-16(9-14(5-6-14)13(17)18)8-10-3-4-12(19-2)11(15)7-10/h3-4,7H,5-6,8-9H2,1-2H3,(H,17,18). The molecule has 0 heterocycles. The van der Waals surface area contributed by atoms with Crippen LogP contribution in [-0.2, 0) is 11.3 Å². The molecule has 1 aromatic rings. The molecular formula is C14H18BrNO3. The van der Waals surface area contributed by atoms with Crippen molar-refractivity contribution in [1.29, 1.82) is 0 Å². The van der Waals surface area contributed by atoms with Gasteiger partial charge in [0.2, 0.25) is 0 Å². The maximum absolute atomic E-state index is 11.2. The van der Waals surface area contributed by atoms with Gasteiger partial charge in [-0.2, -0.15) is 0 Å². The number of hydrogen-bond donors (Lipinski definition) is 1. The van der Waals surface area contributed by atoms with Gasteiger partial charge in [-0.05, 0) is 53.5 Å². The lowest BCUT2D eigenvalue weighted by atomic mass is 10.1. The summed E-state index contributed by atoms with van der Waals surface area (Å²) in [6, 6.07) is 5.92. The predicted molar refractivity (Wildman–Crippen MR) is 76.3 cm³/mol. The van der Waals surface area contributed by atoms with Crippen molar-refractivity contribution in [2.24, 2.45) is 5.41 Å². The third-order valence-electron chi connectivity index (χ3n) is 3.55. The van der Waals surface area contributed by atoms with E-state index in [1.165, 1.54) is 0 Å². The van der Waals surface area contributed by atoms with Crippen molar-refractivity contribution < 1.29 is 14.6 Å². The Morgan fingerprint density at radius 2 is 2.21 bits per heavy atom. The summed E-state index contributed by atoms with van der Waals surface area (Å²) in [5.41, 5.74) is 0.634. The first-order valence-corrected chi connectivity index (χ1v) is 7.00. The molecule has 4 nitrogen and oxygen atoms in total. The van der Waals surface area contributed by atoms with E-state index in [1.54, 1.807) is 7.11 Å². The van der Waals surface area contributed by atoms with Crippen LogP contribution in [-0.4, -0.2) is 36.7 Å². The molecule has 0 amide bonds. The van der Waals surface area contributed by atoms with Crippen LogP contribution in [0, 0.1) is 5.41 Å². The Kier molecular flexibility index (Phi) is 4.16. The second kappa shape index (κ2) is 5.51. The highest BCUT2D eigenvalue weighted by atomic mass is 79.9. The monoisotopic (exact) mass is 327 g/mol. The highest BCUT2D eigenvalue weighted by molar-refractivity contribution is 9.10. The maximum Gasteiger partial charge on any atom is 0.310 e. The molecule has 0 bridgehead atoms. The van der Waals surface area contributed by atoms with E-state index in [0.29, 0.717) is 6.54 Å². The van der Waals surface area contributed by atoms with E-state index in [0.717, 1.165) is 35.2 Å². The molecule has 1 N–H and O–H groups in total. The normalized spacial score (nSPS) is 16.4. The van der Waals surface area contributed by atoms with Gasteiger partial charge in [0.25, 0.3) is 0 Å². The van der Waals surface area contributed by atoms with Crippen molar-refractivity contribution in [3.8, 4) is 5.75 Å². The Morgan fingerprint density at radius 1 is 1.53 bits per heavy atom. The second-order valence-electron chi connectivity index (χ2n) is 5.23. The van der Waals surface area contributed by atoms with Crippen LogP contribution in [0.4, 0.5) is 0 Å². The number of ether oxygens (including phenoxy) is 1. The summed E-state index contributed by atoms with van der Waals surface area (Å²) in [7, 11) is 3.59. The molecule has 0 aliphatic heterocycles. The lowest BCUT2D eigenvalue weighted by Gasteiger charge is -2.21. The van der Waals surface area contributed by atoms with Gasteiger partial charge in [0.15, 0.2) is 0 Å². The van der Waals surface area contributed by atoms with Gasteiger partial charge in [0.1, 0.15) is 5.75 Å². The molecule has 1 saturated carbocycles. The second-order valence-corrected chi connectivity index (χ2v) is 6.08. The SMILES string of the molecule is COc1ccc(CN(C)CC2(C(=O)O)CC2)cc1Br. The van der Waals surface area contributed by atoms with Crippen LogP contribution in [0.3, 0.4) is 0 Å². The number of carboxylic acid groups (broad SMARTS) is 1. The molecule has 0 aromatic heterocycles. The predicted octanol–water partition coefficient (Wildman–Crippen LogP) is 2.75. The van der Waals surface area contributed by atoms with E-state index in [1.807, 2.05) is 25.2 Å². The molecule has 1 aliphatic carbocycles. The zero-order valence-electron chi connectivity index (χ0n) is 11.1. The zero-order valence-corrected chi connectivity index (χ0v) is 12.7. The fourth-order valence-electron chi connectivity index (χ4n) is 2.28. The van der Waals surface area contributed by atoms with Crippen LogP contribution in [0.5, 0.6) is 5.75 Å². The maximum atomic E-state index is 11.2. The molecule has 0 spiro atoms. The third kappa shape index (κ3) is 3.28. The minimum atomic E-state index is -0.671. The number of nitrogens with zero attached hydrogens (tertiary/aromatic N) is 1. The molecule has 1 aliphatic rings. The Bertz CT molecular complexity index is 486. The van der Waals surface area contributed by atoms with Gasteiger partial charge >= 0.3 is 5.97 Å². The van der Waals surface area contributed by atoms with E-state index in [9.17, 15) is 9.90 Å². The zero-order chi connectivity index (χ0) is 14.0. The minimum Gasteiger partial charge on any atom is -0.496 e. The summed E-state index contributed by atoms with van der Waals surface area (Å²) in [6.07, 6.45) is 1.58. The van der Waals surface area contributed by atoms with Crippen molar-refractivity contribution in [2.75, 3.05) is 20.7 Å². The van der Waals surface area contributed by atoms with Crippen LogP contribution >= 0.6 is 15.9 Å². The average Bonchev–Trinajstić information content (AvgIpc) is 3.10. The number of methoxy groups -OCH3 is 1. The topological polar surface area (TPSA) is 49.8 Å². The number of aliphatic carboxylic acids is 1. The van der Waals surface area contributed by atoms with Crippen LogP contribution in [0.25, 0.3) is 0 Å². The molecule has 19 heavy (non-hydrogen) atoms. The quantitative estimate of drug-likeness (QED) is 0.872. The van der Waals surface area contributed by atoms with Gasteiger partial charge in [-0.15, -0.1) is 0 Å². The smallest absolute Gasteiger partial charge is 0.310 e. The summed E-state index contributed by atoms with van der Waals surface area (Å²) in [5, 5.41) is 9.18. The number of hydrogen-bond acceptors (Lipinski definition) is 3. The van der Waals surface area contributed by atoms with Gasteiger partial charge in [0.05, 0.1) is 17.0 Å². The Labute approximate surface area is 121 Å². The van der Waals surface area contributed by atoms with E-state index in [-0.39, 0.29) is 0 Å². The van der Waals surface area contributed by atoms with Crippen molar-refractivity contribution in [2.45, 2.75) is 19.4 Å². The Morgan fingerprint density at radius 3 is 2.68 bits per heavy atom. The van der Waals surface area contributed by atoms with E-state index >= 15 is 0 Å². The third-order valence-corrected chi connectivity index (χ3v) is 4.17. The fraction of sp³-hybridized carbons (Fsp3) is 0.500. The largest absolute Gasteiger partial charge is 0.496 e. The van der Waals surface area contributed by atoms with Crippen LogP contribution in [0.15, 0.2) is 22.7 Å². The highest BCUT2D eigenvalue weighted by Gasteiger charge is 2.50. The first kappa shape index (κ1) is 14.3. The van der Waals surface area contributed by atoms with Crippen LogP contribution < -0.4 is 4.74 Å². The molecule has 0 atom stereocenters. The number of carbonyl (C=O) groups is 1. The number of rotatable bonds is 6. The van der Waals surface area contributed by atoms with Crippen LogP contribution in [0.2, 0.25) is 0 Å². The average molecular weight is 328 g/mol. The van der Waals surface area contributed by atoms with E-state index < -0.39 is 11.4 Å². The molecule has 1 fully saturated rings. The molecule has 0 radical (unpaired) electrons. The van der Waals surface area contributed by atoms with Crippen molar-refractivity contribution in [3.63, 3.8) is 0 Å². The highest BCUT2D eigenvalue weighted by Crippen LogP contribution is 2.46. The summed E-state index contributed by atoms with van der Waals surface area (Å²) in [6.45, 7) is 1.34. The Hall–Kier alpha value is -1.07. The van der Waals surface area contributed by atoms with Gasteiger partial charge < -0.3 is 14.7 Å². The first-order valence-electron chi connectivity index (χ1n) is 6.21. The van der Waals surface area contributed by atoms with Gasteiger partial charge in [-0.1, -0.05) is 6.07 Å². The van der Waals surface area contributed by atoms with Crippen molar-refractivity contribution in [3.05, 3.63) is 28.2 Å². The number of carboxylic acids is 1. The van der Waals surface area contributed by atoms with Crippen molar-refractivity contribution >= 4 is 21.9 Å². The van der Waals surface area contributed by atoms with Gasteiger partial charge in [-0.3, -0.25) is 4.79 Å². The lowest BCUT2D eigenvalue weighted by molar-refractivity contribution is -0.144. The number of benzene rings is 1. The van der Waals surface area contributed by atoms with E-state index in [2.05, 4.69) is 20.8 Å². The Balaban J connectivity index is 1.97. The summed E-state index contributed by atoms with van der Waals surface area (Å²) in [4.78, 5) is 13.2. The molecule has 104 valence electrons. The molecule has 5 heteroatoms. The minimum absolute atomic E-state index is 0.502. The molecule has 0 unspecified atom stereocenters. The molecule has 0 saturated heterocycles. The van der Waals surface area contributed by atoms with Crippen LogP contribution in [0.1, 0.15) is 18.4 Å². The molecule has 2 rings (SSSR count). The van der Waals surface area contributed by atoms with E-state index in [4.69, 9.17) is 4.74 Å². The van der Waals surface area contributed by atoms with Gasteiger partial charge in [-0.25, -0.2) is 0 Å². The molecular weight excluding hydrogens is 310 g/mol. The van der Waals surface area contributed by atoms with Gasteiger partial charge in [0, 0.05) is 13.1 Å². The summed E-state index contributed by atoms with van der Waals surface area (Å²) in [5.74, 6) is 0.130. The molecule has 1 aromatic carbocycles. The number of halogens is 1. The summed E-state index contributed by atoms with van der Waals surface area (Å²) < 4.78 is 6.11. The first-order chi connectivity index (χ1) is 8.97. The lowest BCUT2D eigenvalue weighted by Crippen LogP contribution is -2.31. The fourth-order valence-corrected chi connectivity index (χ4v) is 2.87. The van der Waals surface area contributed by atoms with Crippen molar-refractivity contribution in [1.82, 2.24) is 4.90 Å². The summed E-state index contributed by atoms with van der Waals surface area (Å²) >= 11 is 3.46.